The monoisotopic (exact) mass is 356 g/mol. The zero-order valence-electron chi connectivity index (χ0n) is 15.9. The quantitative estimate of drug-likeness (QED) is 0.857. The number of likely N-dealkylation sites (tertiary alicyclic amines) is 1. The molecule has 1 aliphatic rings. The summed E-state index contributed by atoms with van der Waals surface area (Å²) in [6, 6.07) is 8.03. The molecular formula is C20H28N4O2. The molecule has 1 aromatic heterocycles. The van der Waals surface area contributed by atoms with Crippen LogP contribution >= 0.6 is 0 Å². The summed E-state index contributed by atoms with van der Waals surface area (Å²) in [5.74, 6) is 2.04. The van der Waals surface area contributed by atoms with E-state index >= 15 is 0 Å². The fourth-order valence-electron chi connectivity index (χ4n) is 3.21. The first-order valence-electron chi connectivity index (χ1n) is 9.49. The number of rotatable bonds is 6. The second kappa shape index (κ2) is 8.45. The summed E-state index contributed by atoms with van der Waals surface area (Å²) in [5, 5.41) is 11.3. The molecule has 2 aromatic rings. The maximum Gasteiger partial charge on any atom is 0.238 e. The van der Waals surface area contributed by atoms with Crippen molar-refractivity contribution in [3.63, 3.8) is 0 Å². The molecule has 1 aliphatic heterocycles. The Labute approximate surface area is 155 Å². The zero-order valence-corrected chi connectivity index (χ0v) is 15.9. The number of hydrogen-bond acceptors (Lipinski definition) is 5. The molecule has 6 nitrogen and oxygen atoms in total. The lowest BCUT2D eigenvalue weighted by Gasteiger charge is -2.29. The summed E-state index contributed by atoms with van der Waals surface area (Å²) in [7, 11) is 0. The average Bonchev–Trinajstić information content (AvgIpc) is 3.13. The number of anilines is 1. The van der Waals surface area contributed by atoms with E-state index in [-0.39, 0.29) is 11.8 Å². The first kappa shape index (κ1) is 18.6. The fourth-order valence-corrected chi connectivity index (χ4v) is 3.21. The molecule has 140 valence electrons. The van der Waals surface area contributed by atoms with Crippen LogP contribution in [-0.2, 0) is 11.2 Å². The summed E-state index contributed by atoms with van der Waals surface area (Å²) < 4.78 is 5.78. The Morgan fingerprint density at radius 1 is 1.23 bits per heavy atom. The Bertz CT molecular complexity index is 716. The van der Waals surface area contributed by atoms with Crippen molar-refractivity contribution in [2.75, 3.05) is 25.0 Å². The van der Waals surface area contributed by atoms with Crippen LogP contribution in [0.15, 0.2) is 28.7 Å². The second-order valence-corrected chi connectivity index (χ2v) is 7.28. The Kier molecular flexibility index (Phi) is 6.04. The second-order valence-electron chi connectivity index (χ2n) is 7.28. The highest BCUT2D eigenvalue weighted by Crippen LogP contribution is 2.28. The van der Waals surface area contributed by atoms with Gasteiger partial charge < -0.3 is 9.73 Å². The van der Waals surface area contributed by atoms with Gasteiger partial charge in [-0.05, 0) is 50.0 Å². The van der Waals surface area contributed by atoms with E-state index in [1.54, 1.807) is 0 Å². The lowest BCUT2D eigenvalue weighted by atomic mass is 9.97. The van der Waals surface area contributed by atoms with E-state index in [1.165, 1.54) is 5.56 Å². The Morgan fingerprint density at radius 2 is 1.92 bits per heavy atom. The van der Waals surface area contributed by atoms with Crippen LogP contribution in [-0.4, -0.2) is 40.6 Å². The van der Waals surface area contributed by atoms with Crippen LogP contribution in [0.2, 0.25) is 0 Å². The van der Waals surface area contributed by atoms with Gasteiger partial charge >= 0.3 is 0 Å². The smallest absolute Gasteiger partial charge is 0.238 e. The highest BCUT2D eigenvalue weighted by molar-refractivity contribution is 5.92. The first-order valence-corrected chi connectivity index (χ1v) is 9.49. The Morgan fingerprint density at radius 3 is 2.50 bits per heavy atom. The molecule has 0 unspecified atom stereocenters. The minimum Gasteiger partial charge on any atom is -0.425 e. The summed E-state index contributed by atoms with van der Waals surface area (Å²) >= 11 is 0. The van der Waals surface area contributed by atoms with Gasteiger partial charge in [0.2, 0.25) is 17.7 Å². The fraction of sp³-hybridized carbons (Fsp3) is 0.550. The molecule has 0 atom stereocenters. The Hall–Kier alpha value is -2.21. The van der Waals surface area contributed by atoms with Crippen molar-refractivity contribution >= 4 is 11.6 Å². The van der Waals surface area contributed by atoms with Crippen molar-refractivity contribution in [3.05, 3.63) is 41.6 Å². The number of nitrogens with one attached hydrogen (secondary N) is 1. The molecule has 3 rings (SSSR count). The predicted molar refractivity (Wildman–Crippen MR) is 101 cm³/mol. The Balaban J connectivity index is 1.46. The number of carbonyl (C=O) groups is 1. The van der Waals surface area contributed by atoms with E-state index < -0.39 is 0 Å². The van der Waals surface area contributed by atoms with Crippen LogP contribution in [0.4, 0.5) is 5.69 Å². The highest BCUT2D eigenvalue weighted by Gasteiger charge is 2.26. The van der Waals surface area contributed by atoms with Crippen LogP contribution in [0, 0.1) is 0 Å². The van der Waals surface area contributed by atoms with Gasteiger partial charge in [0.1, 0.15) is 0 Å². The minimum absolute atomic E-state index is 0.0348. The number of hydrogen-bond donors (Lipinski definition) is 1. The molecule has 0 saturated carbocycles. The van der Waals surface area contributed by atoms with Crippen LogP contribution in [0.3, 0.4) is 0 Å². The predicted octanol–water partition coefficient (Wildman–Crippen LogP) is 3.57. The number of piperidine rings is 1. The van der Waals surface area contributed by atoms with Gasteiger partial charge in [-0.15, -0.1) is 10.2 Å². The topological polar surface area (TPSA) is 71.3 Å². The van der Waals surface area contributed by atoms with Gasteiger partial charge in [0.05, 0.1) is 6.54 Å². The van der Waals surface area contributed by atoms with Gasteiger partial charge in [-0.1, -0.05) is 32.9 Å². The number of benzene rings is 1. The maximum absolute atomic E-state index is 12.3. The van der Waals surface area contributed by atoms with E-state index in [1.807, 2.05) is 26.0 Å². The standard InChI is InChI=1S/C20H28N4O2/c1-4-15-5-7-17(8-6-15)21-18(25)13-24-11-9-16(10-12-24)20-23-22-19(26-20)14(2)3/h5-8,14,16H,4,9-13H2,1-3H3,(H,21,25). The van der Waals surface area contributed by atoms with E-state index in [0.717, 1.165) is 43.9 Å². The largest absolute Gasteiger partial charge is 0.425 e. The van der Waals surface area contributed by atoms with Crippen LogP contribution < -0.4 is 5.32 Å². The first-order chi connectivity index (χ1) is 12.5. The molecular weight excluding hydrogens is 328 g/mol. The molecule has 0 spiro atoms. The summed E-state index contributed by atoms with van der Waals surface area (Å²) in [6.45, 7) is 8.37. The van der Waals surface area contributed by atoms with Gasteiger partial charge in [-0.3, -0.25) is 9.69 Å². The number of carbonyl (C=O) groups excluding carboxylic acids is 1. The molecule has 26 heavy (non-hydrogen) atoms. The normalized spacial score (nSPS) is 16.2. The molecule has 1 amide bonds. The zero-order chi connectivity index (χ0) is 18.5. The minimum atomic E-state index is 0.0348. The third-order valence-electron chi connectivity index (χ3n) is 4.90. The van der Waals surface area contributed by atoms with Crippen LogP contribution in [0.1, 0.15) is 62.8 Å². The van der Waals surface area contributed by atoms with Gasteiger partial charge in [0, 0.05) is 17.5 Å². The van der Waals surface area contributed by atoms with Crippen LogP contribution in [0.25, 0.3) is 0 Å². The molecule has 0 radical (unpaired) electrons. The third kappa shape index (κ3) is 4.69. The summed E-state index contributed by atoms with van der Waals surface area (Å²) in [6.07, 6.45) is 2.89. The molecule has 2 heterocycles. The third-order valence-corrected chi connectivity index (χ3v) is 4.90. The SMILES string of the molecule is CCc1ccc(NC(=O)CN2CCC(c3nnc(C(C)C)o3)CC2)cc1. The summed E-state index contributed by atoms with van der Waals surface area (Å²) in [5.41, 5.74) is 2.13. The molecule has 1 N–H and O–H groups in total. The van der Waals surface area contributed by atoms with Crippen molar-refractivity contribution in [1.29, 1.82) is 0 Å². The maximum atomic E-state index is 12.3. The van der Waals surface area contributed by atoms with Crippen LogP contribution in [0.5, 0.6) is 0 Å². The van der Waals surface area contributed by atoms with E-state index in [0.29, 0.717) is 18.4 Å². The molecule has 1 aromatic carbocycles. The molecule has 0 bridgehead atoms. The van der Waals surface area contributed by atoms with Gasteiger partial charge in [-0.2, -0.15) is 0 Å². The molecule has 1 saturated heterocycles. The van der Waals surface area contributed by atoms with Gasteiger partial charge in [0.15, 0.2) is 0 Å². The number of aryl methyl sites for hydroxylation is 1. The van der Waals surface area contributed by atoms with E-state index in [2.05, 4.69) is 39.5 Å². The van der Waals surface area contributed by atoms with Crippen molar-refractivity contribution in [2.45, 2.75) is 51.9 Å². The van der Waals surface area contributed by atoms with E-state index in [4.69, 9.17) is 4.42 Å². The number of amides is 1. The van der Waals surface area contributed by atoms with Gasteiger partial charge in [0.25, 0.3) is 0 Å². The molecule has 0 aliphatic carbocycles. The van der Waals surface area contributed by atoms with Crippen molar-refractivity contribution in [1.82, 2.24) is 15.1 Å². The summed E-state index contributed by atoms with van der Waals surface area (Å²) in [4.78, 5) is 14.5. The number of nitrogens with zero attached hydrogens (tertiary/aromatic N) is 3. The number of aromatic nitrogens is 2. The van der Waals surface area contributed by atoms with E-state index in [9.17, 15) is 4.79 Å². The van der Waals surface area contributed by atoms with Crippen molar-refractivity contribution in [2.24, 2.45) is 0 Å². The molecule has 6 heteroatoms. The lowest BCUT2D eigenvalue weighted by molar-refractivity contribution is -0.117. The van der Waals surface area contributed by atoms with Crippen molar-refractivity contribution < 1.29 is 9.21 Å². The highest BCUT2D eigenvalue weighted by atomic mass is 16.4. The van der Waals surface area contributed by atoms with Gasteiger partial charge in [-0.25, -0.2) is 0 Å². The lowest BCUT2D eigenvalue weighted by Crippen LogP contribution is -2.38. The van der Waals surface area contributed by atoms with Crippen molar-refractivity contribution in [3.8, 4) is 0 Å². The molecule has 1 fully saturated rings. The average molecular weight is 356 g/mol.